The average Bonchev–Trinajstić information content (AvgIpc) is 2.67. The van der Waals surface area contributed by atoms with E-state index in [1.807, 2.05) is 20.8 Å². The van der Waals surface area contributed by atoms with Crippen LogP contribution in [0.4, 0.5) is 10.7 Å². The molecule has 20 heavy (non-hydrogen) atoms. The Hall–Kier alpha value is -2.32. The summed E-state index contributed by atoms with van der Waals surface area (Å²) in [6, 6.07) is 7.26. The first kappa shape index (κ1) is 14.1. The van der Waals surface area contributed by atoms with Crippen LogP contribution in [-0.2, 0) is 0 Å². The fourth-order valence-electron chi connectivity index (χ4n) is 1.84. The third-order valence-corrected chi connectivity index (χ3v) is 4.38. The molecule has 0 radical (unpaired) electrons. The first-order valence-corrected chi connectivity index (χ1v) is 6.93. The molecule has 1 aromatic heterocycles. The highest BCUT2D eigenvalue weighted by atomic mass is 32.1. The standard InChI is InChI=1S/C15H15N3OS/c1-8-6-11(4-5-13(8)17)14(19)18-15-12(7-16)9(2)10(3)20-15/h4-6H,17H2,1-3H3,(H,18,19). The molecule has 1 aromatic carbocycles. The zero-order chi connectivity index (χ0) is 14.9. The summed E-state index contributed by atoms with van der Waals surface area (Å²) >= 11 is 1.42. The van der Waals surface area contributed by atoms with Crippen LogP contribution in [0.15, 0.2) is 18.2 Å². The molecule has 0 saturated heterocycles. The number of nitriles is 1. The third-order valence-electron chi connectivity index (χ3n) is 3.26. The van der Waals surface area contributed by atoms with Gasteiger partial charge in [-0.25, -0.2) is 0 Å². The quantitative estimate of drug-likeness (QED) is 0.830. The van der Waals surface area contributed by atoms with Crippen molar-refractivity contribution >= 4 is 27.9 Å². The van der Waals surface area contributed by atoms with Gasteiger partial charge in [0.2, 0.25) is 0 Å². The number of hydrogen-bond acceptors (Lipinski definition) is 4. The number of benzene rings is 1. The van der Waals surface area contributed by atoms with Gasteiger partial charge < -0.3 is 11.1 Å². The van der Waals surface area contributed by atoms with Crippen LogP contribution in [0, 0.1) is 32.1 Å². The number of hydrogen-bond donors (Lipinski definition) is 2. The van der Waals surface area contributed by atoms with Gasteiger partial charge in [0.25, 0.3) is 5.91 Å². The van der Waals surface area contributed by atoms with E-state index in [0.29, 0.717) is 21.8 Å². The predicted octanol–water partition coefficient (Wildman–Crippen LogP) is 3.38. The number of nitrogens with two attached hydrogens (primary N) is 1. The Bertz CT molecular complexity index is 725. The van der Waals surface area contributed by atoms with E-state index in [1.54, 1.807) is 18.2 Å². The van der Waals surface area contributed by atoms with Crippen LogP contribution in [0.25, 0.3) is 0 Å². The normalized spacial score (nSPS) is 10.1. The van der Waals surface area contributed by atoms with Crippen molar-refractivity contribution < 1.29 is 4.79 Å². The Morgan fingerprint density at radius 3 is 2.65 bits per heavy atom. The largest absolute Gasteiger partial charge is 0.399 e. The van der Waals surface area contributed by atoms with E-state index < -0.39 is 0 Å². The van der Waals surface area contributed by atoms with E-state index in [1.165, 1.54) is 11.3 Å². The number of nitrogens with one attached hydrogen (secondary N) is 1. The van der Waals surface area contributed by atoms with Crippen LogP contribution < -0.4 is 11.1 Å². The van der Waals surface area contributed by atoms with Crippen molar-refractivity contribution in [2.24, 2.45) is 0 Å². The molecular weight excluding hydrogens is 270 g/mol. The van der Waals surface area contributed by atoms with Crippen molar-refractivity contribution in [3.8, 4) is 6.07 Å². The SMILES string of the molecule is Cc1cc(C(=O)Nc2sc(C)c(C)c2C#N)ccc1N. The maximum atomic E-state index is 12.2. The number of nitrogen functional groups attached to an aromatic ring is 1. The van der Waals surface area contributed by atoms with Gasteiger partial charge in [-0.2, -0.15) is 5.26 Å². The van der Waals surface area contributed by atoms with Crippen LogP contribution in [0.5, 0.6) is 0 Å². The maximum absolute atomic E-state index is 12.2. The first-order valence-electron chi connectivity index (χ1n) is 6.11. The summed E-state index contributed by atoms with van der Waals surface area (Å²) in [6.07, 6.45) is 0. The summed E-state index contributed by atoms with van der Waals surface area (Å²) in [5.41, 5.74) is 9.24. The van der Waals surface area contributed by atoms with E-state index in [9.17, 15) is 4.79 Å². The fourth-order valence-corrected chi connectivity index (χ4v) is 2.85. The summed E-state index contributed by atoms with van der Waals surface area (Å²) in [7, 11) is 0. The topological polar surface area (TPSA) is 78.9 Å². The van der Waals surface area contributed by atoms with E-state index >= 15 is 0 Å². The van der Waals surface area contributed by atoms with Gasteiger partial charge in [0.15, 0.2) is 0 Å². The van der Waals surface area contributed by atoms with Crippen LogP contribution in [0.1, 0.15) is 31.9 Å². The minimum atomic E-state index is -0.231. The molecule has 1 amide bonds. The Morgan fingerprint density at radius 1 is 1.35 bits per heavy atom. The number of carbonyl (C=O) groups is 1. The Balaban J connectivity index is 2.30. The molecule has 2 aromatic rings. The van der Waals surface area contributed by atoms with E-state index in [-0.39, 0.29) is 5.91 Å². The number of aryl methyl sites for hydroxylation is 2. The molecule has 0 unspecified atom stereocenters. The average molecular weight is 285 g/mol. The maximum Gasteiger partial charge on any atom is 0.256 e. The van der Waals surface area contributed by atoms with Gasteiger partial charge in [0.05, 0.1) is 5.56 Å². The first-order chi connectivity index (χ1) is 9.43. The second-order valence-corrected chi connectivity index (χ2v) is 5.85. The number of nitrogens with zero attached hydrogens (tertiary/aromatic N) is 1. The fraction of sp³-hybridized carbons (Fsp3) is 0.200. The molecule has 2 rings (SSSR count). The molecule has 5 heteroatoms. The minimum Gasteiger partial charge on any atom is -0.399 e. The molecule has 0 fully saturated rings. The lowest BCUT2D eigenvalue weighted by Crippen LogP contribution is -2.12. The molecule has 0 aliphatic rings. The molecule has 102 valence electrons. The zero-order valence-electron chi connectivity index (χ0n) is 11.6. The van der Waals surface area contributed by atoms with Crippen molar-refractivity contribution in [3.63, 3.8) is 0 Å². The molecule has 1 heterocycles. The predicted molar refractivity (Wildman–Crippen MR) is 82.1 cm³/mol. The van der Waals surface area contributed by atoms with Gasteiger partial charge in [0.1, 0.15) is 11.1 Å². The number of thiophene rings is 1. The van der Waals surface area contributed by atoms with Gasteiger partial charge in [-0.05, 0) is 50.1 Å². The van der Waals surface area contributed by atoms with E-state index in [2.05, 4.69) is 11.4 Å². The summed E-state index contributed by atoms with van der Waals surface area (Å²) in [5.74, 6) is -0.231. The van der Waals surface area contributed by atoms with Crippen LogP contribution in [-0.4, -0.2) is 5.91 Å². The van der Waals surface area contributed by atoms with E-state index in [4.69, 9.17) is 11.0 Å². The second-order valence-electron chi connectivity index (χ2n) is 4.62. The van der Waals surface area contributed by atoms with Crippen molar-refractivity contribution in [2.45, 2.75) is 20.8 Å². The van der Waals surface area contributed by atoms with Gasteiger partial charge in [-0.15, -0.1) is 11.3 Å². The van der Waals surface area contributed by atoms with Crippen molar-refractivity contribution in [3.05, 3.63) is 45.3 Å². The number of amides is 1. The lowest BCUT2D eigenvalue weighted by molar-refractivity contribution is 0.102. The number of anilines is 2. The molecule has 3 N–H and O–H groups in total. The van der Waals surface area contributed by atoms with Gasteiger partial charge in [0, 0.05) is 16.1 Å². The van der Waals surface area contributed by atoms with Crippen LogP contribution >= 0.6 is 11.3 Å². The molecule has 0 atom stereocenters. The summed E-state index contributed by atoms with van der Waals surface area (Å²) < 4.78 is 0. The zero-order valence-corrected chi connectivity index (χ0v) is 12.4. The van der Waals surface area contributed by atoms with Gasteiger partial charge in [-0.3, -0.25) is 4.79 Å². The number of rotatable bonds is 2. The Labute approximate surface area is 121 Å². The van der Waals surface area contributed by atoms with Gasteiger partial charge >= 0.3 is 0 Å². The smallest absolute Gasteiger partial charge is 0.256 e. The number of carbonyl (C=O) groups excluding carboxylic acids is 1. The highest BCUT2D eigenvalue weighted by molar-refractivity contribution is 7.16. The molecule has 0 bridgehead atoms. The van der Waals surface area contributed by atoms with Crippen LogP contribution in [0.3, 0.4) is 0 Å². The van der Waals surface area contributed by atoms with Crippen molar-refractivity contribution in [1.29, 1.82) is 5.26 Å². The highest BCUT2D eigenvalue weighted by Crippen LogP contribution is 2.32. The molecule has 4 nitrogen and oxygen atoms in total. The lowest BCUT2D eigenvalue weighted by Gasteiger charge is -2.06. The summed E-state index contributed by atoms with van der Waals surface area (Å²) in [6.45, 7) is 5.67. The molecular formula is C15H15N3OS. The Kier molecular flexibility index (Phi) is 3.77. The highest BCUT2D eigenvalue weighted by Gasteiger charge is 2.15. The monoisotopic (exact) mass is 285 g/mol. The summed E-state index contributed by atoms with van der Waals surface area (Å²) in [4.78, 5) is 13.2. The molecule has 0 aliphatic carbocycles. The van der Waals surface area contributed by atoms with Crippen molar-refractivity contribution in [2.75, 3.05) is 11.1 Å². The lowest BCUT2D eigenvalue weighted by atomic mass is 10.1. The third kappa shape index (κ3) is 2.51. The van der Waals surface area contributed by atoms with E-state index in [0.717, 1.165) is 16.0 Å². The van der Waals surface area contributed by atoms with Crippen LogP contribution in [0.2, 0.25) is 0 Å². The summed E-state index contributed by atoms with van der Waals surface area (Å²) in [5, 5.41) is 12.6. The Morgan fingerprint density at radius 2 is 2.05 bits per heavy atom. The second kappa shape index (κ2) is 5.35. The van der Waals surface area contributed by atoms with Crippen molar-refractivity contribution in [1.82, 2.24) is 0 Å². The molecule has 0 aliphatic heterocycles. The minimum absolute atomic E-state index is 0.231. The molecule has 0 saturated carbocycles. The van der Waals surface area contributed by atoms with Gasteiger partial charge in [-0.1, -0.05) is 0 Å². The molecule has 0 spiro atoms.